The van der Waals surface area contributed by atoms with Gasteiger partial charge in [0.2, 0.25) is 0 Å². The molecule has 0 bridgehead atoms. The van der Waals surface area contributed by atoms with E-state index in [0.717, 1.165) is 60.7 Å². The van der Waals surface area contributed by atoms with E-state index in [1.165, 1.54) is 13.2 Å². The zero-order chi connectivity index (χ0) is 30.8. The van der Waals surface area contributed by atoms with Crippen molar-refractivity contribution in [3.8, 4) is 11.1 Å². The molecule has 10 nitrogen and oxygen atoms in total. The highest BCUT2D eigenvalue weighted by molar-refractivity contribution is 7.93. The Morgan fingerprint density at radius 3 is 2.51 bits per heavy atom. The van der Waals surface area contributed by atoms with E-state index < -0.39 is 15.6 Å². The zero-order valence-electron chi connectivity index (χ0n) is 25.3. The van der Waals surface area contributed by atoms with Gasteiger partial charge in [-0.3, -0.25) is 14.7 Å². The second kappa shape index (κ2) is 12.6. The molecule has 1 aromatic heterocycles. The summed E-state index contributed by atoms with van der Waals surface area (Å²) < 4.78 is 39.8. The summed E-state index contributed by atoms with van der Waals surface area (Å²) in [7, 11) is -2.74. The number of unbranched alkanes of at least 4 members (excludes halogenated alkanes) is 1. The Bertz CT molecular complexity index is 1620. The van der Waals surface area contributed by atoms with E-state index in [4.69, 9.17) is 14.3 Å². The molecule has 2 aliphatic rings. The van der Waals surface area contributed by atoms with E-state index in [1.54, 1.807) is 32.0 Å². The highest BCUT2D eigenvalue weighted by Gasteiger charge is 2.49. The van der Waals surface area contributed by atoms with Crippen LogP contribution in [0.1, 0.15) is 74.3 Å². The molecule has 1 aliphatic carbocycles. The van der Waals surface area contributed by atoms with Crippen LogP contribution in [0.4, 0.5) is 5.82 Å². The van der Waals surface area contributed by atoms with Crippen molar-refractivity contribution in [2.45, 2.75) is 89.3 Å². The minimum Gasteiger partial charge on any atom is -0.392 e. The summed E-state index contributed by atoms with van der Waals surface area (Å²) in [6, 6.07) is 12.2. The Morgan fingerprint density at radius 2 is 1.86 bits per heavy atom. The third-order valence-electron chi connectivity index (χ3n) is 8.52. The fourth-order valence-corrected chi connectivity index (χ4v) is 7.64. The van der Waals surface area contributed by atoms with Gasteiger partial charge in [0.1, 0.15) is 23.9 Å². The lowest BCUT2D eigenvalue weighted by Crippen LogP contribution is -2.40. The van der Waals surface area contributed by atoms with Crippen molar-refractivity contribution in [2.24, 2.45) is 4.99 Å². The van der Waals surface area contributed by atoms with E-state index in [-0.39, 0.29) is 30.0 Å². The summed E-state index contributed by atoms with van der Waals surface area (Å²) >= 11 is 0. The highest BCUT2D eigenvalue weighted by atomic mass is 32.2. The first-order valence-corrected chi connectivity index (χ1v) is 16.3. The average Bonchev–Trinajstić information content (AvgIpc) is 3.69. The molecule has 1 spiro atoms. The maximum absolute atomic E-state index is 14.1. The van der Waals surface area contributed by atoms with E-state index in [9.17, 15) is 18.3 Å². The van der Waals surface area contributed by atoms with Crippen LogP contribution >= 0.6 is 0 Å². The number of carbonyl (C=O) groups excluding carboxylic acids is 1. The number of hydrogen-bond donors (Lipinski definition) is 1. The maximum Gasteiger partial charge on any atom is 0.268 e. The fourth-order valence-electron chi connectivity index (χ4n) is 6.05. The molecule has 230 valence electrons. The van der Waals surface area contributed by atoms with Crippen molar-refractivity contribution in [3.63, 3.8) is 0 Å². The molecule has 3 aromatic rings. The van der Waals surface area contributed by atoms with Crippen molar-refractivity contribution >= 4 is 27.6 Å². The smallest absolute Gasteiger partial charge is 0.268 e. The average molecular weight is 609 g/mol. The van der Waals surface area contributed by atoms with Crippen molar-refractivity contribution < 1.29 is 27.6 Å². The summed E-state index contributed by atoms with van der Waals surface area (Å²) in [5.74, 6) is 1.58. The minimum absolute atomic E-state index is 0.0430. The van der Waals surface area contributed by atoms with Gasteiger partial charge in [-0.1, -0.05) is 67.7 Å². The van der Waals surface area contributed by atoms with Crippen molar-refractivity contribution in [3.05, 3.63) is 64.9 Å². The molecule has 0 unspecified atom stereocenters. The third-order valence-corrected chi connectivity index (χ3v) is 10.3. The van der Waals surface area contributed by atoms with Gasteiger partial charge in [0, 0.05) is 24.7 Å². The number of aliphatic hydroxyl groups excluding tert-OH is 1. The van der Waals surface area contributed by atoms with Gasteiger partial charge in [-0.05, 0) is 55.9 Å². The molecule has 0 saturated heterocycles. The van der Waals surface area contributed by atoms with E-state index in [1.807, 2.05) is 23.1 Å². The van der Waals surface area contributed by atoms with Gasteiger partial charge in [0.15, 0.2) is 5.82 Å². The molecule has 5 rings (SSSR count). The number of anilines is 1. The normalized spacial score (nSPS) is 16.3. The standard InChI is InChI=1S/C32H40N4O6S/c1-5-6-13-29-33-32(16-9-10-17-32)31(38)35(29)19-24-14-15-26(25(18-24)20-37)27-11-7-8-12-28(27)43(39,40)36(21-41-4)30-22(2)23(3)42-34-30/h7-8,11-12,14-15,18,37H,5-6,9-10,13,16-17,19-21H2,1-4H3. The fraction of sp³-hybridized carbons (Fsp3) is 0.469. The van der Waals surface area contributed by atoms with Crippen LogP contribution in [0.25, 0.3) is 11.1 Å². The molecule has 1 N–H and O–H groups in total. The SMILES string of the molecule is CCCCC1=NC2(CCCC2)C(=O)N1Cc1ccc(-c2ccccc2S(=O)(=O)N(COC)c2noc(C)c2C)c(CO)c1. The van der Waals surface area contributed by atoms with Crippen LogP contribution in [-0.4, -0.2) is 54.7 Å². The van der Waals surface area contributed by atoms with Crippen molar-refractivity contribution in [1.82, 2.24) is 10.1 Å². The van der Waals surface area contributed by atoms with Gasteiger partial charge in [0.25, 0.3) is 15.9 Å². The van der Waals surface area contributed by atoms with Crippen molar-refractivity contribution in [2.75, 3.05) is 18.1 Å². The van der Waals surface area contributed by atoms with E-state index in [2.05, 4.69) is 12.1 Å². The summed E-state index contributed by atoms with van der Waals surface area (Å²) in [4.78, 5) is 20.5. The number of carbonyl (C=O) groups is 1. The number of sulfonamides is 1. The van der Waals surface area contributed by atoms with Crippen LogP contribution in [0, 0.1) is 13.8 Å². The molecular weight excluding hydrogens is 568 g/mol. The first-order chi connectivity index (χ1) is 20.7. The molecule has 1 amide bonds. The van der Waals surface area contributed by atoms with Gasteiger partial charge in [-0.15, -0.1) is 0 Å². The first-order valence-electron chi connectivity index (χ1n) is 14.8. The van der Waals surface area contributed by atoms with Gasteiger partial charge in [-0.2, -0.15) is 0 Å². The number of amidine groups is 1. The lowest BCUT2D eigenvalue weighted by Gasteiger charge is -2.24. The number of amides is 1. The summed E-state index contributed by atoms with van der Waals surface area (Å²) in [5, 5.41) is 14.4. The highest BCUT2D eigenvalue weighted by Crippen LogP contribution is 2.41. The predicted octanol–water partition coefficient (Wildman–Crippen LogP) is 5.49. The van der Waals surface area contributed by atoms with Crippen molar-refractivity contribution in [1.29, 1.82) is 0 Å². The summed E-state index contributed by atoms with van der Waals surface area (Å²) in [6.07, 6.45) is 6.31. The molecule has 1 aliphatic heterocycles. The Labute approximate surface area is 253 Å². The van der Waals surface area contributed by atoms with E-state index >= 15 is 0 Å². The summed E-state index contributed by atoms with van der Waals surface area (Å²) in [6.45, 7) is 5.36. The predicted molar refractivity (Wildman–Crippen MR) is 164 cm³/mol. The number of aliphatic imine (C=N–C) groups is 1. The number of aliphatic hydroxyl groups is 1. The van der Waals surface area contributed by atoms with Crippen LogP contribution < -0.4 is 4.31 Å². The Balaban J connectivity index is 1.50. The molecule has 2 heterocycles. The number of aryl methyl sites for hydroxylation is 1. The first kappa shape index (κ1) is 30.9. The molecule has 2 aromatic carbocycles. The Kier molecular flexibility index (Phi) is 9.05. The van der Waals surface area contributed by atoms with Crippen LogP contribution in [-0.2, 0) is 32.7 Å². The Morgan fingerprint density at radius 1 is 1.12 bits per heavy atom. The molecule has 1 fully saturated rings. The quantitative estimate of drug-likeness (QED) is 0.269. The van der Waals surface area contributed by atoms with Gasteiger partial charge in [-0.25, -0.2) is 12.7 Å². The van der Waals surface area contributed by atoms with Crippen LogP contribution in [0.15, 0.2) is 56.9 Å². The molecule has 43 heavy (non-hydrogen) atoms. The topological polar surface area (TPSA) is 126 Å². The second-order valence-corrected chi connectivity index (χ2v) is 13.2. The van der Waals surface area contributed by atoms with Crippen LogP contribution in [0.3, 0.4) is 0 Å². The number of methoxy groups -OCH3 is 1. The zero-order valence-corrected chi connectivity index (χ0v) is 26.1. The number of rotatable bonds is 12. The lowest BCUT2D eigenvalue weighted by atomic mass is 9.96. The maximum atomic E-state index is 14.1. The lowest BCUT2D eigenvalue weighted by molar-refractivity contribution is -0.131. The largest absolute Gasteiger partial charge is 0.392 e. The molecule has 1 saturated carbocycles. The van der Waals surface area contributed by atoms with E-state index in [0.29, 0.717) is 34.6 Å². The molecule has 0 atom stereocenters. The Hall–Kier alpha value is -3.54. The van der Waals surface area contributed by atoms with Crippen LogP contribution in [0.5, 0.6) is 0 Å². The number of benzene rings is 2. The molecular formula is C32H40N4O6S. The number of ether oxygens (including phenoxy) is 1. The van der Waals surface area contributed by atoms with Gasteiger partial charge in [0.05, 0.1) is 18.0 Å². The number of hydrogen-bond acceptors (Lipinski definition) is 8. The monoisotopic (exact) mass is 608 g/mol. The summed E-state index contributed by atoms with van der Waals surface area (Å²) in [5.41, 5.74) is 2.39. The van der Waals surface area contributed by atoms with Gasteiger partial charge < -0.3 is 14.4 Å². The third kappa shape index (κ3) is 5.73. The second-order valence-electron chi connectivity index (χ2n) is 11.4. The molecule has 0 radical (unpaired) electrons. The minimum atomic E-state index is -4.16. The molecule has 11 heteroatoms. The van der Waals surface area contributed by atoms with Crippen LogP contribution in [0.2, 0.25) is 0 Å². The number of nitrogens with zero attached hydrogens (tertiary/aromatic N) is 4. The number of aromatic nitrogens is 1. The van der Waals surface area contributed by atoms with Gasteiger partial charge >= 0.3 is 0 Å².